The number of anilines is 1. The van der Waals surface area contributed by atoms with E-state index in [1.807, 2.05) is 0 Å². The topological polar surface area (TPSA) is 102 Å². The zero-order chi connectivity index (χ0) is 13.9. The molecule has 0 saturated heterocycles. The Morgan fingerprint density at radius 1 is 1.40 bits per heavy atom. The van der Waals surface area contributed by atoms with Gasteiger partial charge in [-0.3, -0.25) is 10.5 Å². The number of nitrogens with zero attached hydrogens (tertiary/aromatic N) is 3. The van der Waals surface area contributed by atoms with Gasteiger partial charge < -0.3 is 4.74 Å². The molecular formula is C13H20N6O. The van der Waals surface area contributed by atoms with Crippen LogP contribution in [0.25, 0.3) is 11.0 Å². The summed E-state index contributed by atoms with van der Waals surface area (Å²) >= 11 is 0. The van der Waals surface area contributed by atoms with E-state index in [9.17, 15) is 0 Å². The zero-order valence-electron chi connectivity index (χ0n) is 11.6. The molecule has 0 spiro atoms. The van der Waals surface area contributed by atoms with E-state index >= 15 is 0 Å². The third kappa shape index (κ3) is 2.40. The number of hydrogen-bond acceptors (Lipinski definition) is 6. The van der Waals surface area contributed by atoms with Crippen LogP contribution in [0.5, 0.6) is 5.88 Å². The second kappa shape index (κ2) is 5.62. The summed E-state index contributed by atoms with van der Waals surface area (Å²) in [6.45, 7) is 2.21. The molecule has 0 aromatic carbocycles. The Hall–Kier alpha value is -1.89. The van der Waals surface area contributed by atoms with Crippen molar-refractivity contribution in [3.05, 3.63) is 6.20 Å². The zero-order valence-corrected chi connectivity index (χ0v) is 11.6. The number of H-pyrrole nitrogens is 1. The number of ether oxygens (including phenoxy) is 1. The molecule has 1 fully saturated rings. The van der Waals surface area contributed by atoms with Gasteiger partial charge >= 0.3 is 0 Å². The summed E-state index contributed by atoms with van der Waals surface area (Å²) in [7, 11) is 0. The van der Waals surface area contributed by atoms with E-state index in [0.29, 0.717) is 23.4 Å². The SMILES string of the molecule is CCC1CCCCC1Oc1nc(NN)nc2[nH]ncc12. The summed E-state index contributed by atoms with van der Waals surface area (Å²) < 4.78 is 6.17. The van der Waals surface area contributed by atoms with Gasteiger partial charge in [-0.2, -0.15) is 15.1 Å². The molecule has 2 heterocycles. The Balaban J connectivity index is 1.90. The van der Waals surface area contributed by atoms with Crippen molar-refractivity contribution < 1.29 is 4.74 Å². The molecule has 4 N–H and O–H groups in total. The first-order valence-electron chi connectivity index (χ1n) is 7.16. The molecular weight excluding hydrogens is 256 g/mol. The molecule has 2 aromatic rings. The lowest BCUT2D eigenvalue weighted by Gasteiger charge is -2.30. The number of nitrogens with one attached hydrogen (secondary N) is 2. The highest BCUT2D eigenvalue weighted by atomic mass is 16.5. The number of nitrogen functional groups attached to an aromatic ring is 1. The van der Waals surface area contributed by atoms with Crippen LogP contribution in [0.3, 0.4) is 0 Å². The fourth-order valence-electron chi connectivity index (χ4n) is 2.90. The highest BCUT2D eigenvalue weighted by molar-refractivity contribution is 5.80. The van der Waals surface area contributed by atoms with E-state index in [-0.39, 0.29) is 6.10 Å². The Bertz CT molecular complexity index is 583. The van der Waals surface area contributed by atoms with Gasteiger partial charge in [0.05, 0.1) is 6.20 Å². The summed E-state index contributed by atoms with van der Waals surface area (Å²) in [6, 6.07) is 0. The van der Waals surface area contributed by atoms with Crippen molar-refractivity contribution in [2.24, 2.45) is 11.8 Å². The Morgan fingerprint density at radius 2 is 2.25 bits per heavy atom. The Labute approximate surface area is 117 Å². The minimum Gasteiger partial charge on any atom is -0.473 e. The van der Waals surface area contributed by atoms with Crippen LogP contribution in [-0.2, 0) is 0 Å². The molecule has 1 saturated carbocycles. The van der Waals surface area contributed by atoms with Crippen LogP contribution in [0.1, 0.15) is 39.0 Å². The normalized spacial score (nSPS) is 22.9. The van der Waals surface area contributed by atoms with Crippen molar-refractivity contribution in [3.8, 4) is 5.88 Å². The van der Waals surface area contributed by atoms with Gasteiger partial charge in [0.25, 0.3) is 0 Å². The number of aromatic nitrogens is 4. The fourth-order valence-corrected chi connectivity index (χ4v) is 2.90. The maximum atomic E-state index is 6.17. The number of hydrazine groups is 1. The van der Waals surface area contributed by atoms with Crippen molar-refractivity contribution in [3.63, 3.8) is 0 Å². The first-order chi connectivity index (χ1) is 9.81. The molecule has 1 aliphatic rings. The van der Waals surface area contributed by atoms with E-state index in [2.05, 4.69) is 32.5 Å². The molecule has 2 unspecified atom stereocenters. The lowest BCUT2D eigenvalue weighted by Crippen LogP contribution is -2.30. The van der Waals surface area contributed by atoms with Gasteiger partial charge in [-0.25, -0.2) is 5.84 Å². The van der Waals surface area contributed by atoms with Gasteiger partial charge in [0.1, 0.15) is 11.5 Å². The summed E-state index contributed by atoms with van der Waals surface area (Å²) in [6.07, 6.45) is 7.84. The lowest BCUT2D eigenvalue weighted by atomic mass is 9.85. The minimum absolute atomic E-state index is 0.215. The molecule has 0 bridgehead atoms. The second-order valence-electron chi connectivity index (χ2n) is 5.24. The number of rotatable bonds is 4. The summed E-state index contributed by atoms with van der Waals surface area (Å²) in [5.41, 5.74) is 3.09. The minimum atomic E-state index is 0.215. The molecule has 3 rings (SSSR count). The predicted molar refractivity (Wildman–Crippen MR) is 76.2 cm³/mol. The van der Waals surface area contributed by atoms with Crippen LogP contribution in [-0.4, -0.2) is 26.3 Å². The molecule has 7 nitrogen and oxygen atoms in total. The highest BCUT2D eigenvalue weighted by Crippen LogP contribution is 2.32. The van der Waals surface area contributed by atoms with E-state index in [1.54, 1.807) is 6.20 Å². The third-order valence-corrected chi connectivity index (χ3v) is 4.03. The number of fused-ring (bicyclic) bond motifs is 1. The van der Waals surface area contributed by atoms with Gasteiger partial charge in [-0.15, -0.1) is 0 Å². The number of aromatic amines is 1. The number of nitrogens with two attached hydrogens (primary N) is 1. The summed E-state index contributed by atoms with van der Waals surface area (Å²) in [4.78, 5) is 8.53. The molecule has 1 aliphatic carbocycles. The molecule has 2 aromatic heterocycles. The Kier molecular flexibility index (Phi) is 3.68. The van der Waals surface area contributed by atoms with E-state index in [0.717, 1.165) is 18.2 Å². The third-order valence-electron chi connectivity index (χ3n) is 4.03. The van der Waals surface area contributed by atoms with Crippen LogP contribution in [0.4, 0.5) is 5.95 Å². The van der Waals surface area contributed by atoms with Gasteiger partial charge in [0.2, 0.25) is 11.8 Å². The van der Waals surface area contributed by atoms with Crippen LogP contribution >= 0.6 is 0 Å². The summed E-state index contributed by atoms with van der Waals surface area (Å²) in [5, 5.41) is 7.61. The highest BCUT2D eigenvalue weighted by Gasteiger charge is 2.26. The monoisotopic (exact) mass is 276 g/mol. The van der Waals surface area contributed by atoms with Crippen molar-refractivity contribution in [2.75, 3.05) is 5.43 Å². The van der Waals surface area contributed by atoms with Crippen LogP contribution < -0.4 is 16.0 Å². The van der Waals surface area contributed by atoms with Gasteiger partial charge in [0.15, 0.2) is 5.65 Å². The first-order valence-corrected chi connectivity index (χ1v) is 7.16. The lowest BCUT2D eigenvalue weighted by molar-refractivity contribution is 0.0875. The van der Waals surface area contributed by atoms with Crippen LogP contribution in [0.2, 0.25) is 0 Å². The molecule has 2 atom stereocenters. The standard InChI is InChI=1S/C13H20N6O/c1-2-8-5-3-4-6-10(8)20-12-9-7-15-19-11(9)16-13(17-12)18-14/h7-8,10H,2-6,14H2,1H3,(H2,15,16,17,18,19). The van der Waals surface area contributed by atoms with Crippen LogP contribution in [0, 0.1) is 5.92 Å². The maximum absolute atomic E-state index is 6.17. The summed E-state index contributed by atoms with van der Waals surface area (Å²) in [5.74, 6) is 6.88. The van der Waals surface area contributed by atoms with Gasteiger partial charge in [-0.1, -0.05) is 13.3 Å². The molecule has 0 amide bonds. The quantitative estimate of drug-likeness (QED) is 0.583. The molecule has 20 heavy (non-hydrogen) atoms. The average Bonchev–Trinajstić information content (AvgIpc) is 2.96. The molecule has 0 aliphatic heterocycles. The average molecular weight is 276 g/mol. The van der Waals surface area contributed by atoms with Gasteiger partial charge in [0, 0.05) is 0 Å². The van der Waals surface area contributed by atoms with Gasteiger partial charge in [-0.05, 0) is 31.6 Å². The first kappa shape index (κ1) is 13.1. The predicted octanol–water partition coefficient (Wildman–Crippen LogP) is 1.99. The fraction of sp³-hybridized carbons (Fsp3) is 0.615. The molecule has 7 heteroatoms. The van der Waals surface area contributed by atoms with Crippen molar-refractivity contribution in [1.82, 2.24) is 20.2 Å². The second-order valence-corrected chi connectivity index (χ2v) is 5.24. The number of hydrogen-bond donors (Lipinski definition) is 3. The van der Waals surface area contributed by atoms with E-state index in [4.69, 9.17) is 10.6 Å². The van der Waals surface area contributed by atoms with Crippen molar-refractivity contribution in [2.45, 2.75) is 45.1 Å². The molecule has 108 valence electrons. The largest absolute Gasteiger partial charge is 0.473 e. The van der Waals surface area contributed by atoms with Crippen molar-refractivity contribution in [1.29, 1.82) is 0 Å². The van der Waals surface area contributed by atoms with E-state index in [1.165, 1.54) is 19.3 Å². The smallest absolute Gasteiger partial charge is 0.242 e. The van der Waals surface area contributed by atoms with E-state index < -0.39 is 0 Å². The van der Waals surface area contributed by atoms with Crippen LogP contribution in [0.15, 0.2) is 6.20 Å². The Morgan fingerprint density at radius 3 is 3.05 bits per heavy atom. The van der Waals surface area contributed by atoms with Crippen molar-refractivity contribution >= 4 is 17.0 Å². The molecule has 0 radical (unpaired) electrons. The maximum Gasteiger partial charge on any atom is 0.242 e.